The van der Waals surface area contributed by atoms with Gasteiger partial charge in [-0.3, -0.25) is 4.79 Å². The number of hydrogen-bond donors (Lipinski definition) is 0. The molecule has 2 nitrogen and oxygen atoms in total. The number of carbonyl (C=O) groups is 1. The molecule has 0 bridgehead atoms. The van der Waals surface area contributed by atoms with Gasteiger partial charge in [-0.05, 0) is 24.7 Å². The van der Waals surface area contributed by atoms with Crippen LogP contribution in [0.2, 0.25) is 0 Å². The van der Waals surface area contributed by atoms with Crippen LogP contribution in [0.3, 0.4) is 0 Å². The zero-order valence-corrected chi connectivity index (χ0v) is 7.89. The molecule has 1 fully saturated rings. The molecule has 0 spiro atoms. The molecule has 0 aromatic rings. The van der Waals surface area contributed by atoms with Gasteiger partial charge in [-0.1, -0.05) is 0 Å². The third-order valence-corrected chi connectivity index (χ3v) is 2.53. The summed E-state index contributed by atoms with van der Waals surface area (Å²) in [7, 11) is 0. The predicted molar refractivity (Wildman–Crippen MR) is 37.1 cm³/mol. The normalized spacial score (nSPS) is 34.8. The van der Waals surface area contributed by atoms with Gasteiger partial charge in [-0.2, -0.15) is 0 Å². The molecule has 0 unspecified atom stereocenters. The van der Waals surface area contributed by atoms with Crippen molar-refractivity contribution < 1.29 is 9.53 Å². The number of hydrogen-bond acceptors (Lipinski definition) is 2. The second kappa shape index (κ2) is 2.83. The Morgan fingerprint density at radius 1 is 1.67 bits per heavy atom. The summed E-state index contributed by atoms with van der Waals surface area (Å²) in [5.41, 5.74) is 0. The van der Waals surface area contributed by atoms with Gasteiger partial charge in [-0.25, -0.2) is 0 Å². The monoisotopic (exact) mass is 142 g/mol. The Labute approximate surface area is 63.0 Å². The summed E-state index contributed by atoms with van der Waals surface area (Å²) in [5, 5.41) is 0. The summed E-state index contributed by atoms with van der Waals surface area (Å²) in [6.07, 6.45) is 1.98. The van der Waals surface area contributed by atoms with Crippen LogP contribution in [0.1, 0.15) is 19.8 Å². The van der Waals surface area contributed by atoms with Crippen LogP contribution < -0.4 is 0 Å². The van der Waals surface area contributed by atoms with E-state index < -0.39 is 0 Å². The lowest BCUT2D eigenvalue weighted by molar-refractivity contribution is -0.126. The highest BCUT2D eigenvalue weighted by molar-refractivity contribution is 6.11. The van der Waals surface area contributed by atoms with Gasteiger partial charge in [0.2, 0.25) is 0 Å². The van der Waals surface area contributed by atoms with Crippen LogP contribution in [-0.4, -0.2) is 33.1 Å². The fourth-order valence-electron chi connectivity index (χ4n) is 1.10. The maximum absolute atomic E-state index is 10.7. The summed E-state index contributed by atoms with van der Waals surface area (Å²) < 4.78 is 5.33. The summed E-state index contributed by atoms with van der Waals surface area (Å²) in [6, 6.07) is 0. The largest absolute Gasteiger partial charge is 0.383 e. The van der Waals surface area contributed by atoms with Gasteiger partial charge in [-0.15, -0.1) is 0 Å². The Balaban J connectivity index is 2.39. The summed E-state index contributed by atoms with van der Waals surface area (Å²) in [5.74, 6) is 0.188. The molecule has 0 aliphatic carbocycles. The van der Waals surface area contributed by atoms with Gasteiger partial charge in [0.25, 0.3) is 16.3 Å². The van der Waals surface area contributed by atoms with Crippen LogP contribution >= 0.6 is 0 Å². The van der Waals surface area contributed by atoms with Crippen LogP contribution in [0.4, 0.5) is 0 Å². The smallest absolute Gasteiger partial charge is 0.258 e. The SMILES string of the molecule is CC(=O)[C@H]1CC[C@H]([AlH2])O1. The van der Waals surface area contributed by atoms with Crippen LogP contribution in [0.25, 0.3) is 0 Å². The average Bonchev–Trinajstić information content (AvgIpc) is 2.14. The van der Waals surface area contributed by atoms with E-state index in [1.54, 1.807) is 6.92 Å². The quantitative estimate of drug-likeness (QED) is 0.470. The third-order valence-electron chi connectivity index (χ3n) is 1.69. The van der Waals surface area contributed by atoms with Crippen molar-refractivity contribution >= 4 is 22.1 Å². The molecule has 1 heterocycles. The van der Waals surface area contributed by atoms with Gasteiger partial charge >= 0.3 is 0 Å². The van der Waals surface area contributed by atoms with Crippen molar-refractivity contribution in [1.82, 2.24) is 0 Å². The number of ether oxygens (including phenoxy) is 1. The predicted octanol–water partition coefficient (Wildman–Crippen LogP) is -0.286. The van der Waals surface area contributed by atoms with Gasteiger partial charge in [0.1, 0.15) is 6.10 Å². The van der Waals surface area contributed by atoms with E-state index in [4.69, 9.17) is 4.74 Å². The van der Waals surface area contributed by atoms with E-state index in [2.05, 4.69) is 0 Å². The van der Waals surface area contributed by atoms with E-state index in [9.17, 15) is 4.79 Å². The van der Waals surface area contributed by atoms with Crippen molar-refractivity contribution in [3.63, 3.8) is 0 Å². The molecule has 0 radical (unpaired) electrons. The molecular formula is C6H11AlO2. The van der Waals surface area contributed by atoms with Crippen molar-refractivity contribution in [2.75, 3.05) is 0 Å². The topological polar surface area (TPSA) is 26.3 Å². The van der Waals surface area contributed by atoms with E-state index in [0.717, 1.165) is 29.1 Å². The highest BCUT2D eigenvalue weighted by Crippen LogP contribution is 2.17. The van der Waals surface area contributed by atoms with Gasteiger partial charge < -0.3 is 4.74 Å². The van der Waals surface area contributed by atoms with E-state index in [0.29, 0.717) is 4.97 Å². The Morgan fingerprint density at radius 2 is 2.33 bits per heavy atom. The lowest BCUT2D eigenvalue weighted by Gasteiger charge is -2.05. The van der Waals surface area contributed by atoms with Crippen LogP contribution in [0.5, 0.6) is 0 Å². The maximum atomic E-state index is 10.7. The van der Waals surface area contributed by atoms with Crippen molar-refractivity contribution in [3.8, 4) is 0 Å². The fourth-order valence-corrected chi connectivity index (χ4v) is 1.76. The molecule has 1 aliphatic heterocycles. The number of rotatable bonds is 1. The molecule has 1 rings (SSSR count). The average molecular weight is 142 g/mol. The summed E-state index contributed by atoms with van der Waals surface area (Å²) >= 11 is 1.06. The Morgan fingerprint density at radius 3 is 2.56 bits per heavy atom. The van der Waals surface area contributed by atoms with E-state index in [1.807, 2.05) is 0 Å². The zero-order chi connectivity index (χ0) is 6.85. The molecule has 1 aliphatic rings. The molecule has 0 N–H and O–H groups in total. The second-order valence-corrected chi connectivity index (χ2v) is 3.91. The third kappa shape index (κ3) is 1.79. The first-order valence-electron chi connectivity index (χ1n) is 3.36. The van der Waals surface area contributed by atoms with Gasteiger partial charge in [0, 0.05) is 0 Å². The molecule has 1 saturated heterocycles. The van der Waals surface area contributed by atoms with Crippen LogP contribution in [-0.2, 0) is 9.53 Å². The number of Topliss-reactive ketones (excluding diaryl/α,β-unsaturated/α-hetero) is 1. The second-order valence-electron chi connectivity index (χ2n) is 2.62. The first-order valence-corrected chi connectivity index (χ1v) is 4.51. The molecule has 0 saturated carbocycles. The first-order chi connectivity index (χ1) is 4.20. The minimum atomic E-state index is -0.0625. The number of ketones is 1. The molecule has 0 amide bonds. The van der Waals surface area contributed by atoms with Crippen molar-refractivity contribution in [3.05, 3.63) is 0 Å². The zero-order valence-electron chi connectivity index (χ0n) is 5.89. The maximum Gasteiger partial charge on any atom is 0.258 e. The van der Waals surface area contributed by atoms with Crippen molar-refractivity contribution in [2.24, 2.45) is 0 Å². The van der Waals surface area contributed by atoms with Gasteiger partial charge in [0.05, 0.1) is 0 Å². The molecular weight excluding hydrogens is 131 g/mol. The molecule has 50 valence electrons. The number of carbonyl (C=O) groups excluding carboxylic acids is 1. The summed E-state index contributed by atoms with van der Waals surface area (Å²) in [4.78, 5) is 11.1. The van der Waals surface area contributed by atoms with Crippen LogP contribution in [0, 0.1) is 0 Å². The molecule has 0 aromatic heterocycles. The van der Waals surface area contributed by atoms with Crippen LogP contribution in [0.15, 0.2) is 0 Å². The van der Waals surface area contributed by atoms with E-state index in [-0.39, 0.29) is 11.9 Å². The highest BCUT2D eigenvalue weighted by Gasteiger charge is 2.24. The molecule has 9 heavy (non-hydrogen) atoms. The minimum Gasteiger partial charge on any atom is -0.383 e. The molecule has 2 atom stereocenters. The first kappa shape index (κ1) is 7.27. The Kier molecular flexibility index (Phi) is 2.29. The minimum absolute atomic E-state index is 0.0625. The lowest BCUT2D eigenvalue weighted by atomic mass is 10.2. The standard InChI is InChI=1S/C6H9O2.Al.2H/c1-5(7)6-3-2-4-8-6;;;/h4,6H,2-3H2,1H3;;;/t6-;;;/m1.../s1. The van der Waals surface area contributed by atoms with Gasteiger partial charge in [0.15, 0.2) is 5.78 Å². The van der Waals surface area contributed by atoms with E-state index in [1.165, 1.54) is 0 Å². The lowest BCUT2D eigenvalue weighted by Crippen LogP contribution is -2.18. The van der Waals surface area contributed by atoms with Crippen molar-refractivity contribution in [1.29, 1.82) is 0 Å². The Hall–Kier alpha value is 0.162. The van der Waals surface area contributed by atoms with E-state index >= 15 is 0 Å². The molecule has 3 heteroatoms. The highest BCUT2D eigenvalue weighted by atomic mass is 27.0. The van der Waals surface area contributed by atoms with Crippen molar-refractivity contribution in [2.45, 2.75) is 30.8 Å². The molecule has 0 aromatic carbocycles. The summed E-state index contributed by atoms with van der Waals surface area (Å²) in [6.45, 7) is 1.60. The Bertz CT molecular complexity index is 124. The fraction of sp³-hybridized carbons (Fsp3) is 0.833.